The number of pyridine rings is 1. The fourth-order valence-electron chi connectivity index (χ4n) is 5.02. The minimum Gasteiger partial charge on any atom is -0.493 e. The predicted molar refractivity (Wildman–Crippen MR) is 156 cm³/mol. The van der Waals surface area contributed by atoms with Crippen LogP contribution in [0.1, 0.15) is 16.1 Å². The number of methoxy groups -OCH3 is 1. The molecule has 5 heterocycles. The number of fused-ring (bicyclic) bond motifs is 1. The van der Waals surface area contributed by atoms with Crippen molar-refractivity contribution in [1.82, 2.24) is 30.2 Å². The molecule has 6 rings (SSSR count). The number of carbonyl (C=O) groups is 1. The molecule has 1 saturated heterocycles. The molecule has 4 N–H and O–H groups in total. The maximum absolute atomic E-state index is 12.9. The van der Waals surface area contributed by atoms with E-state index >= 15 is 0 Å². The lowest BCUT2D eigenvalue weighted by Crippen LogP contribution is -2.44. The lowest BCUT2D eigenvalue weighted by molar-refractivity contribution is 0.0947. The number of rotatable bonds is 7. The first-order valence-corrected chi connectivity index (χ1v) is 13.5. The third-order valence-electron chi connectivity index (χ3n) is 7.14. The molecule has 4 aromatic rings. The van der Waals surface area contributed by atoms with Crippen molar-refractivity contribution >= 4 is 46.3 Å². The summed E-state index contributed by atoms with van der Waals surface area (Å²) in [6, 6.07) is 11.2. The molecule has 0 radical (unpaired) electrons. The average molecular weight is 560 g/mol. The zero-order chi connectivity index (χ0) is 27.6. The summed E-state index contributed by atoms with van der Waals surface area (Å²) in [5.74, 6) is 1.69. The lowest BCUT2D eigenvalue weighted by Gasteiger charge is -2.33. The van der Waals surface area contributed by atoms with Gasteiger partial charge in [0.05, 0.1) is 52.3 Å². The number of carbonyl (C=O) groups excluding carboxylic acids is 1. The van der Waals surface area contributed by atoms with Gasteiger partial charge in [-0.25, -0.2) is 15.0 Å². The Morgan fingerprint density at radius 2 is 1.90 bits per heavy atom. The summed E-state index contributed by atoms with van der Waals surface area (Å²) in [6.07, 6.45) is 4.14. The Morgan fingerprint density at radius 3 is 2.67 bits per heavy atom. The van der Waals surface area contributed by atoms with Crippen molar-refractivity contribution in [2.45, 2.75) is 6.42 Å². The van der Waals surface area contributed by atoms with E-state index in [9.17, 15) is 4.79 Å². The molecule has 1 amide bonds. The molecular weight excluding hydrogens is 530 g/mol. The van der Waals surface area contributed by atoms with Gasteiger partial charge >= 0.3 is 0 Å². The number of anilines is 5. The van der Waals surface area contributed by atoms with Crippen LogP contribution >= 0.6 is 11.6 Å². The van der Waals surface area contributed by atoms with Crippen LogP contribution in [0.3, 0.4) is 0 Å². The molecule has 0 unspecified atom stereocenters. The van der Waals surface area contributed by atoms with Gasteiger partial charge in [0.1, 0.15) is 5.82 Å². The highest BCUT2D eigenvalue weighted by atomic mass is 35.5. The van der Waals surface area contributed by atoms with Gasteiger partial charge in [-0.1, -0.05) is 17.7 Å². The predicted octanol–water partition coefficient (Wildman–Crippen LogP) is 4.05. The number of likely N-dealkylation sites (N-methyl/N-ethyl adjacent to an activating group) is 1. The number of benzene rings is 1. The molecule has 0 atom stereocenters. The highest BCUT2D eigenvalue weighted by Crippen LogP contribution is 2.40. The Hall–Kier alpha value is -4.35. The summed E-state index contributed by atoms with van der Waals surface area (Å²) in [6.45, 7) is 4.51. The van der Waals surface area contributed by atoms with Crippen LogP contribution in [0, 0.1) is 0 Å². The number of para-hydroxylation sites is 1. The zero-order valence-corrected chi connectivity index (χ0v) is 23.0. The number of piperazine rings is 1. The minimum absolute atomic E-state index is 0.161. The van der Waals surface area contributed by atoms with E-state index in [0.29, 0.717) is 58.0 Å². The highest BCUT2D eigenvalue weighted by Gasteiger charge is 2.28. The van der Waals surface area contributed by atoms with E-state index < -0.39 is 0 Å². The summed E-state index contributed by atoms with van der Waals surface area (Å²) < 4.78 is 5.53. The first-order chi connectivity index (χ1) is 19.5. The molecule has 1 aromatic carbocycles. The Labute approximate surface area is 236 Å². The fourth-order valence-corrected chi connectivity index (χ4v) is 5.27. The molecule has 0 saturated carbocycles. The summed E-state index contributed by atoms with van der Waals surface area (Å²) in [4.78, 5) is 34.8. The van der Waals surface area contributed by atoms with Gasteiger partial charge in [0, 0.05) is 51.0 Å². The van der Waals surface area contributed by atoms with E-state index in [0.717, 1.165) is 43.4 Å². The molecule has 2 aliphatic rings. The van der Waals surface area contributed by atoms with Crippen molar-refractivity contribution in [2.24, 2.45) is 0 Å². The first kappa shape index (κ1) is 25.9. The number of ether oxygens (including phenoxy) is 1. The topological polar surface area (TPSA) is 123 Å². The maximum Gasteiger partial charge on any atom is 0.255 e. The number of hydrogen-bond donors (Lipinski definition) is 4. The van der Waals surface area contributed by atoms with Crippen molar-refractivity contribution in [3.05, 3.63) is 65.1 Å². The van der Waals surface area contributed by atoms with Crippen molar-refractivity contribution in [2.75, 3.05) is 62.4 Å². The molecule has 0 bridgehead atoms. The van der Waals surface area contributed by atoms with E-state index in [1.165, 1.54) is 0 Å². The number of halogens is 1. The average Bonchev–Trinajstić information content (AvgIpc) is 3.34. The molecule has 40 heavy (non-hydrogen) atoms. The molecular formula is C28H30ClN9O2. The van der Waals surface area contributed by atoms with E-state index in [1.807, 2.05) is 24.3 Å². The molecule has 0 spiro atoms. The number of nitrogens with zero attached hydrogens (tertiary/aromatic N) is 5. The van der Waals surface area contributed by atoms with Gasteiger partial charge < -0.3 is 35.5 Å². The number of aromatic amines is 1. The Balaban J connectivity index is 1.30. The second-order valence-corrected chi connectivity index (χ2v) is 10.2. The third-order valence-corrected chi connectivity index (χ3v) is 7.44. The van der Waals surface area contributed by atoms with Crippen LogP contribution in [0.15, 0.2) is 48.8 Å². The minimum atomic E-state index is -0.161. The SMILES string of the molecule is COc1c(Cl)cccc1Nc1c(-c2ccnc(Nc3ccc(N4CCN(C)CC4)nc3)n2)[nH]c2c1C(=O)NCC2. The van der Waals surface area contributed by atoms with E-state index in [1.54, 1.807) is 31.6 Å². The van der Waals surface area contributed by atoms with Crippen LogP contribution in [-0.4, -0.2) is 77.6 Å². The van der Waals surface area contributed by atoms with Gasteiger partial charge in [-0.15, -0.1) is 0 Å². The van der Waals surface area contributed by atoms with Crippen molar-refractivity contribution in [3.8, 4) is 17.1 Å². The van der Waals surface area contributed by atoms with E-state index in [4.69, 9.17) is 21.3 Å². The molecule has 1 fully saturated rings. The number of amides is 1. The Bertz CT molecular complexity index is 1530. The summed E-state index contributed by atoms with van der Waals surface area (Å²) in [7, 11) is 3.69. The van der Waals surface area contributed by atoms with Crippen LogP contribution < -0.4 is 25.6 Å². The largest absolute Gasteiger partial charge is 0.493 e. The Kier molecular flexibility index (Phi) is 7.14. The third kappa shape index (κ3) is 5.13. The molecule has 206 valence electrons. The van der Waals surface area contributed by atoms with Crippen LogP contribution in [0.4, 0.5) is 28.8 Å². The van der Waals surface area contributed by atoms with Gasteiger partial charge in [-0.05, 0) is 37.4 Å². The van der Waals surface area contributed by atoms with E-state index in [-0.39, 0.29) is 5.91 Å². The second kappa shape index (κ2) is 11.0. The number of aromatic nitrogens is 4. The van der Waals surface area contributed by atoms with Crippen molar-refractivity contribution in [3.63, 3.8) is 0 Å². The monoisotopic (exact) mass is 559 g/mol. The van der Waals surface area contributed by atoms with Crippen molar-refractivity contribution < 1.29 is 9.53 Å². The standard InChI is InChI=1S/C28H30ClN9O2/c1-37-12-14-38(15-13-37)22-7-6-17(16-32-22)33-28-31-11-9-20(36-28)24-25(23-19(34-24)8-10-30-27(23)39)35-21-5-3-4-18(29)26(21)40-2/h3-7,9,11,16,34-35H,8,10,12-15H2,1-2H3,(H,30,39)(H,31,33,36). The smallest absolute Gasteiger partial charge is 0.255 e. The quantitative estimate of drug-likeness (QED) is 0.265. The van der Waals surface area contributed by atoms with Gasteiger partial charge in [0.15, 0.2) is 5.75 Å². The maximum atomic E-state index is 12.9. The van der Waals surface area contributed by atoms with E-state index in [2.05, 4.69) is 47.7 Å². The Morgan fingerprint density at radius 1 is 1.05 bits per heavy atom. The van der Waals surface area contributed by atoms with Gasteiger partial charge in [-0.3, -0.25) is 4.79 Å². The summed E-state index contributed by atoms with van der Waals surface area (Å²) >= 11 is 6.37. The fraction of sp³-hybridized carbons (Fsp3) is 0.286. The molecule has 0 aliphatic carbocycles. The normalized spacial score (nSPS) is 15.4. The molecule has 11 nitrogen and oxygen atoms in total. The van der Waals surface area contributed by atoms with Crippen LogP contribution in [-0.2, 0) is 6.42 Å². The van der Waals surface area contributed by atoms with Gasteiger partial charge in [-0.2, -0.15) is 0 Å². The molecule has 2 aliphatic heterocycles. The summed E-state index contributed by atoms with van der Waals surface area (Å²) in [5.41, 5.74) is 4.66. The molecule has 12 heteroatoms. The van der Waals surface area contributed by atoms with Crippen LogP contribution in [0.25, 0.3) is 11.4 Å². The van der Waals surface area contributed by atoms with Crippen molar-refractivity contribution in [1.29, 1.82) is 0 Å². The van der Waals surface area contributed by atoms with Crippen LogP contribution in [0.2, 0.25) is 5.02 Å². The van der Waals surface area contributed by atoms with Gasteiger partial charge in [0.25, 0.3) is 5.91 Å². The summed E-state index contributed by atoms with van der Waals surface area (Å²) in [5, 5.41) is 10.0. The van der Waals surface area contributed by atoms with Gasteiger partial charge in [0.2, 0.25) is 5.95 Å². The number of nitrogens with one attached hydrogen (secondary N) is 4. The number of H-pyrrole nitrogens is 1. The first-order valence-electron chi connectivity index (χ1n) is 13.1. The molecule has 3 aromatic heterocycles. The lowest BCUT2D eigenvalue weighted by atomic mass is 10.1. The second-order valence-electron chi connectivity index (χ2n) is 9.77. The van der Waals surface area contributed by atoms with Crippen LogP contribution in [0.5, 0.6) is 5.75 Å². The zero-order valence-electron chi connectivity index (χ0n) is 22.3. The number of hydrogen-bond acceptors (Lipinski definition) is 9. The highest BCUT2D eigenvalue weighted by molar-refractivity contribution is 6.32.